The molecule has 2 heterocycles. The Bertz CT molecular complexity index is 1520. The number of halogens is 1. The Kier molecular flexibility index (Phi) is 6.92. The molecule has 0 atom stereocenters. The van der Waals surface area contributed by atoms with Crippen molar-refractivity contribution in [3.8, 4) is 0 Å². The lowest BCUT2D eigenvalue weighted by Crippen LogP contribution is -2.21. The van der Waals surface area contributed by atoms with Gasteiger partial charge in [-0.15, -0.1) is 11.3 Å². The summed E-state index contributed by atoms with van der Waals surface area (Å²) in [6.45, 7) is 5.73. The highest BCUT2D eigenvalue weighted by Gasteiger charge is 2.19. The summed E-state index contributed by atoms with van der Waals surface area (Å²) >= 11 is 4.34. The first-order valence-electron chi connectivity index (χ1n) is 10.5. The highest BCUT2D eigenvalue weighted by Crippen LogP contribution is 2.28. The van der Waals surface area contributed by atoms with Crippen LogP contribution in [0.15, 0.2) is 77.9 Å². The summed E-state index contributed by atoms with van der Waals surface area (Å²) in [5, 5.41) is 0.644. The first-order valence-corrected chi connectivity index (χ1v) is 13.6. The summed E-state index contributed by atoms with van der Waals surface area (Å²) in [6.07, 6.45) is 0. The number of fused-ring (bicyclic) bond motifs is 1. The average Bonchev–Trinajstić information content (AvgIpc) is 3.26. The zero-order chi connectivity index (χ0) is 24.5. The third-order valence-corrected chi connectivity index (χ3v) is 8.80. The minimum Gasteiger partial charge on any atom is -0.422 e. The predicted octanol–water partition coefficient (Wildman–Crippen LogP) is 5.50. The zero-order valence-corrected chi connectivity index (χ0v) is 21.6. The molecule has 0 aliphatic rings. The molecule has 10 heteroatoms. The number of carbonyl (C=O) groups is 1. The second-order valence-corrected chi connectivity index (χ2v) is 11.8. The number of carbonyl (C=O) groups excluding carboxylic acids is 1. The normalized spacial score (nSPS) is 11.5. The van der Waals surface area contributed by atoms with Crippen molar-refractivity contribution in [1.29, 1.82) is 0 Å². The number of ketones is 1. The van der Waals surface area contributed by atoms with Crippen molar-refractivity contribution in [2.75, 3.05) is 22.7 Å². The van der Waals surface area contributed by atoms with Crippen molar-refractivity contribution >= 4 is 65.4 Å². The molecular weight excluding hydrogens is 540 g/mol. The number of nitrogens with one attached hydrogen (secondary N) is 1. The van der Waals surface area contributed by atoms with Crippen molar-refractivity contribution in [2.24, 2.45) is 0 Å². The van der Waals surface area contributed by atoms with Gasteiger partial charge in [-0.3, -0.25) is 9.52 Å². The van der Waals surface area contributed by atoms with Gasteiger partial charge >= 0.3 is 5.63 Å². The average molecular weight is 561 g/mol. The third kappa shape index (κ3) is 4.94. The molecule has 176 valence electrons. The second-order valence-electron chi connectivity index (χ2n) is 7.41. The Morgan fingerprint density at radius 3 is 2.35 bits per heavy atom. The van der Waals surface area contributed by atoms with E-state index in [0.717, 1.165) is 30.1 Å². The van der Waals surface area contributed by atoms with Crippen LogP contribution >= 0.6 is 27.3 Å². The van der Waals surface area contributed by atoms with Crippen LogP contribution in [0.4, 0.5) is 11.4 Å². The van der Waals surface area contributed by atoms with Crippen LogP contribution in [0.5, 0.6) is 0 Å². The molecule has 4 rings (SSSR count). The molecule has 7 nitrogen and oxygen atoms in total. The van der Waals surface area contributed by atoms with Gasteiger partial charge in [0.2, 0.25) is 0 Å². The quantitative estimate of drug-likeness (QED) is 0.226. The van der Waals surface area contributed by atoms with Crippen LogP contribution in [0.3, 0.4) is 0 Å². The van der Waals surface area contributed by atoms with E-state index in [0.29, 0.717) is 20.4 Å². The molecule has 0 radical (unpaired) electrons. The van der Waals surface area contributed by atoms with E-state index in [4.69, 9.17) is 4.42 Å². The summed E-state index contributed by atoms with van der Waals surface area (Å²) < 4.78 is 33.8. The molecule has 0 saturated heterocycles. The van der Waals surface area contributed by atoms with Gasteiger partial charge in [0.25, 0.3) is 10.0 Å². The van der Waals surface area contributed by atoms with Crippen LogP contribution in [0.1, 0.15) is 29.8 Å². The first kappa shape index (κ1) is 24.2. The van der Waals surface area contributed by atoms with Crippen LogP contribution in [0.2, 0.25) is 0 Å². The van der Waals surface area contributed by atoms with Crippen LogP contribution in [0.25, 0.3) is 11.0 Å². The molecule has 0 bridgehead atoms. The molecule has 34 heavy (non-hydrogen) atoms. The van der Waals surface area contributed by atoms with Crippen molar-refractivity contribution in [1.82, 2.24) is 0 Å². The first-order chi connectivity index (χ1) is 16.2. The van der Waals surface area contributed by atoms with Crippen molar-refractivity contribution in [3.05, 3.63) is 86.0 Å². The molecule has 1 N–H and O–H groups in total. The smallest absolute Gasteiger partial charge is 0.347 e. The minimum atomic E-state index is -3.74. The SMILES string of the molecule is CCN(CC)c1ccc2cc(C(=O)c3ccc(NS(=O)(=O)c4ccc(Br)s4)cc3)c(=O)oc2c1. The van der Waals surface area contributed by atoms with Gasteiger partial charge in [-0.25, -0.2) is 13.2 Å². The Hall–Kier alpha value is -2.95. The second kappa shape index (κ2) is 9.73. The lowest BCUT2D eigenvalue weighted by molar-refractivity contribution is 0.103. The summed E-state index contributed by atoms with van der Waals surface area (Å²) in [5.74, 6) is -0.500. The summed E-state index contributed by atoms with van der Waals surface area (Å²) in [7, 11) is -3.74. The number of hydrogen-bond acceptors (Lipinski definition) is 7. The zero-order valence-electron chi connectivity index (χ0n) is 18.4. The summed E-state index contributed by atoms with van der Waals surface area (Å²) in [6, 6.07) is 16.1. The minimum absolute atomic E-state index is 0.0835. The summed E-state index contributed by atoms with van der Waals surface area (Å²) in [4.78, 5) is 27.7. The number of sulfonamides is 1. The monoisotopic (exact) mass is 560 g/mol. The molecule has 0 unspecified atom stereocenters. The molecule has 0 aliphatic carbocycles. The van der Waals surface area contributed by atoms with Crippen molar-refractivity contribution in [3.63, 3.8) is 0 Å². The predicted molar refractivity (Wildman–Crippen MR) is 139 cm³/mol. The van der Waals surface area contributed by atoms with E-state index < -0.39 is 21.4 Å². The third-order valence-electron chi connectivity index (χ3n) is 5.31. The maximum Gasteiger partial charge on any atom is 0.347 e. The number of thiophene rings is 1. The Balaban J connectivity index is 1.58. The van der Waals surface area contributed by atoms with Gasteiger partial charge < -0.3 is 9.32 Å². The number of rotatable bonds is 8. The van der Waals surface area contributed by atoms with E-state index >= 15 is 0 Å². The van der Waals surface area contributed by atoms with Crippen molar-refractivity contribution < 1.29 is 17.6 Å². The molecule has 0 saturated carbocycles. The Morgan fingerprint density at radius 1 is 1.03 bits per heavy atom. The van der Waals surface area contributed by atoms with Gasteiger partial charge in [0.05, 0.1) is 3.79 Å². The fourth-order valence-electron chi connectivity index (χ4n) is 3.54. The van der Waals surface area contributed by atoms with E-state index in [1.165, 1.54) is 36.4 Å². The van der Waals surface area contributed by atoms with E-state index in [9.17, 15) is 18.0 Å². The lowest BCUT2D eigenvalue weighted by atomic mass is 10.0. The van der Waals surface area contributed by atoms with Gasteiger partial charge in [0.1, 0.15) is 15.4 Å². The fourth-order valence-corrected chi connectivity index (χ4v) is 6.60. The van der Waals surface area contributed by atoms with Gasteiger partial charge in [-0.1, -0.05) is 0 Å². The molecule has 2 aromatic heterocycles. The van der Waals surface area contributed by atoms with Gasteiger partial charge in [0.15, 0.2) is 5.78 Å². The van der Waals surface area contributed by atoms with Gasteiger partial charge in [-0.05, 0) is 84.4 Å². The lowest BCUT2D eigenvalue weighted by Gasteiger charge is -2.20. The molecule has 0 spiro atoms. The van der Waals surface area contributed by atoms with Gasteiger partial charge in [0, 0.05) is 41.5 Å². The molecular formula is C24H21BrN2O5S2. The number of hydrogen-bond donors (Lipinski definition) is 1. The topological polar surface area (TPSA) is 96.7 Å². The van der Waals surface area contributed by atoms with Crippen LogP contribution in [-0.4, -0.2) is 27.3 Å². The van der Waals surface area contributed by atoms with Crippen LogP contribution < -0.4 is 15.2 Å². The van der Waals surface area contributed by atoms with E-state index in [-0.39, 0.29) is 15.3 Å². The molecule has 0 amide bonds. The fraction of sp³-hybridized carbons (Fsp3) is 0.167. The summed E-state index contributed by atoms with van der Waals surface area (Å²) in [5.41, 5.74) is 1.09. The van der Waals surface area contributed by atoms with Crippen LogP contribution in [-0.2, 0) is 10.0 Å². The maximum atomic E-state index is 13.0. The standard InChI is InChI=1S/C24H21BrN2O5S2/c1-3-27(4-2)18-10-7-16-13-19(24(29)32-20(16)14-18)23(28)15-5-8-17(9-6-15)26-34(30,31)22-12-11-21(25)33-22/h5-14,26H,3-4H2,1-2H3. The molecule has 2 aromatic carbocycles. The largest absolute Gasteiger partial charge is 0.422 e. The van der Waals surface area contributed by atoms with Gasteiger partial charge in [-0.2, -0.15) is 0 Å². The molecule has 0 fully saturated rings. The number of benzene rings is 2. The molecule has 4 aromatic rings. The van der Waals surface area contributed by atoms with Crippen LogP contribution in [0, 0.1) is 0 Å². The maximum absolute atomic E-state index is 13.0. The molecule has 0 aliphatic heterocycles. The Labute approximate surface area is 209 Å². The number of anilines is 2. The highest BCUT2D eigenvalue weighted by atomic mass is 79.9. The number of nitrogens with zero attached hydrogens (tertiary/aromatic N) is 1. The Morgan fingerprint density at radius 2 is 1.74 bits per heavy atom. The van der Waals surface area contributed by atoms with E-state index in [1.54, 1.807) is 12.1 Å². The van der Waals surface area contributed by atoms with E-state index in [1.807, 2.05) is 26.0 Å². The highest BCUT2D eigenvalue weighted by molar-refractivity contribution is 9.11. The van der Waals surface area contributed by atoms with E-state index in [2.05, 4.69) is 25.6 Å². The van der Waals surface area contributed by atoms with Crippen molar-refractivity contribution in [2.45, 2.75) is 18.1 Å².